The summed E-state index contributed by atoms with van der Waals surface area (Å²) in [6.45, 7) is 3.20. The molecule has 0 radical (unpaired) electrons. The second kappa shape index (κ2) is 4.96. The van der Waals surface area contributed by atoms with Crippen LogP contribution in [0.1, 0.15) is 0 Å². The fraction of sp³-hybridized carbons (Fsp3) is 0.462. The van der Waals surface area contributed by atoms with Crippen molar-refractivity contribution in [3.05, 3.63) is 24.3 Å². The van der Waals surface area contributed by atoms with E-state index >= 15 is 0 Å². The van der Waals surface area contributed by atoms with E-state index in [1.807, 2.05) is 31.3 Å². The van der Waals surface area contributed by atoms with Gasteiger partial charge in [-0.15, -0.1) is 0 Å². The molecule has 1 saturated heterocycles. The number of hydrogen-bond donors (Lipinski definition) is 1. The van der Waals surface area contributed by atoms with Crippen molar-refractivity contribution in [1.82, 2.24) is 10.3 Å². The molecule has 2 aromatic rings. The summed E-state index contributed by atoms with van der Waals surface area (Å²) in [6.07, 6.45) is 0.193. The Morgan fingerprint density at radius 3 is 3.17 bits per heavy atom. The van der Waals surface area contributed by atoms with Gasteiger partial charge in [-0.3, -0.25) is 0 Å². The van der Waals surface area contributed by atoms with E-state index in [1.165, 1.54) is 0 Å². The summed E-state index contributed by atoms with van der Waals surface area (Å²) in [5.74, 6) is 0. The Balaban J connectivity index is 1.80. The van der Waals surface area contributed by atoms with Crippen LogP contribution in [-0.2, 0) is 4.74 Å². The van der Waals surface area contributed by atoms with Crippen LogP contribution in [0.5, 0.6) is 0 Å². The minimum atomic E-state index is 0.193. The zero-order chi connectivity index (χ0) is 12.4. The van der Waals surface area contributed by atoms with Gasteiger partial charge in [0, 0.05) is 19.6 Å². The van der Waals surface area contributed by atoms with E-state index in [9.17, 15) is 0 Å². The van der Waals surface area contributed by atoms with Crippen molar-refractivity contribution in [2.24, 2.45) is 0 Å². The molecule has 3 rings (SSSR count). The van der Waals surface area contributed by atoms with Crippen molar-refractivity contribution in [3.63, 3.8) is 0 Å². The number of para-hydroxylation sites is 2. The molecule has 1 N–H and O–H groups in total. The maximum Gasteiger partial charge on any atom is 0.298 e. The number of morpholine rings is 1. The van der Waals surface area contributed by atoms with Gasteiger partial charge in [-0.1, -0.05) is 12.1 Å². The first kappa shape index (κ1) is 11.5. The van der Waals surface area contributed by atoms with Gasteiger partial charge in [-0.05, 0) is 19.2 Å². The molecule has 2 heterocycles. The Hall–Kier alpha value is -1.59. The lowest BCUT2D eigenvalue weighted by Gasteiger charge is -2.31. The third-order valence-corrected chi connectivity index (χ3v) is 3.12. The highest BCUT2D eigenvalue weighted by atomic mass is 16.5. The van der Waals surface area contributed by atoms with Crippen LogP contribution in [0, 0.1) is 0 Å². The molecule has 96 valence electrons. The predicted octanol–water partition coefficient (Wildman–Crippen LogP) is 1.25. The van der Waals surface area contributed by atoms with Crippen LogP contribution < -0.4 is 10.2 Å². The first-order valence-electron chi connectivity index (χ1n) is 6.23. The molecule has 1 aromatic heterocycles. The van der Waals surface area contributed by atoms with Crippen LogP contribution in [0.3, 0.4) is 0 Å². The van der Waals surface area contributed by atoms with Gasteiger partial charge < -0.3 is 19.4 Å². The van der Waals surface area contributed by atoms with Crippen LogP contribution in [0.2, 0.25) is 0 Å². The number of ether oxygens (including phenoxy) is 1. The number of nitrogens with zero attached hydrogens (tertiary/aromatic N) is 2. The fourth-order valence-corrected chi connectivity index (χ4v) is 2.24. The molecule has 18 heavy (non-hydrogen) atoms. The van der Waals surface area contributed by atoms with E-state index in [0.717, 1.165) is 30.7 Å². The molecule has 0 spiro atoms. The van der Waals surface area contributed by atoms with Crippen molar-refractivity contribution in [2.75, 3.05) is 38.2 Å². The van der Waals surface area contributed by atoms with Gasteiger partial charge in [0.05, 0.1) is 12.7 Å². The van der Waals surface area contributed by atoms with E-state index in [2.05, 4.69) is 15.2 Å². The molecule has 1 aromatic carbocycles. The minimum absolute atomic E-state index is 0.193. The maximum absolute atomic E-state index is 5.77. The van der Waals surface area contributed by atoms with Crippen molar-refractivity contribution < 1.29 is 9.15 Å². The molecule has 1 fully saturated rings. The molecular formula is C13H17N3O2. The lowest BCUT2D eigenvalue weighted by Crippen LogP contribution is -2.46. The zero-order valence-corrected chi connectivity index (χ0v) is 10.4. The van der Waals surface area contributed by atoms with E-state index in [1.54, 1.807) is 0 Å². The molecule has 5 nitrogen and oxygen atoms in total. The lowest BCUT2D eigenvalue weighted by atomic mass is 10.3. The number of oxazole rings is 1. The molecule has 1 unspecified atom stereocenters. The van der Waals surface area contributed by atoms with E-state index in [-0.39, 0.29) is 6.10 Å². The molecule has 5 heteroatoms. The van der Waals surface area contributed by atoms with Gasteiger partial charge in [-0.25, -0.2) is 0 Å². The van der Waals surface area contributed by atoms with Gasteiger partial charge in [0.1, 0.15) is 5.52 Å². The molecule has 1 atom stereocenters. The first-order chi connectivity index (χ1) is 8.86. The number of benzene rings is 1. The highest BCUT2D eigenvalue weighted by Gasteiger charge is 2.23. The molecular weight excluding hydrogens is 230 g/mol. The summed E-state index contributed by atoms with van der Waals surface area (Å²) >= 11 is 0. The monoisotopic (exact) mass is 247 g/mol. The largest absolute Gasteiger partial charge is 0.423 e. The number of rotatable bonds is 3. The van der Waals surface area contributed by atoms with Crippen molar-refractivity contribution in [3.8, 4) is 0 Å². The average Bonchev–Trinajstić information content (AvgIpc) is 2.83. The second-order valence-electron chi connectivity index (χ2n) is 4.46. The number of anilines is 1. The number of nitrogens with one attached hydrogen (secondary N) is 1. The highest BCUT2D eigenvalue weighted by molar-refractivity contribution is 5.74. The van der Waals surface area contributed by atoms with Crippen molar-refractivity contribution >= 4 is 17.1 Å². The Morgan fingerprint density at radius 2 is 2.33 bits per heavy atom. The molecule has 0 aliphatic carbocycles. The SMILES string of the molecule is CNCC1CN(c2nc3ccccc3o2)CCO1. The molecule has 1 aliphatic rings. The summed E-state index contributed by atoms with van der Waals surface area (Å²) in [5.41, 5.74) is 1.74. The lowest BCUT2D eigenvalue weighted by molar-refractivity contribution is 0.0405. The summed E-state index contributed by atoms with van der Waals surface area (Å²) < 4.78 is 11.4. The molecule has 0 amide bonds. The number of likely N-dealkylation sites (N-methyl/N-ethyl adjacent to an activating group) is 1. The smallest absolute Gasteiger partial charge is 0.298 e. The van der Waals surface area contributed by atoms with Crippen LogP contribution >= 0.6 is 0 Å². The van der Waals surface area contributed by atoms with Crippen LogP contribution in [0.4, 0.5) is 6.01 Å². The van der Waals surface area contributed by atoms with Crippen molar-refractivity contribution in [2.45, 2.75) is 6.10 Å². The summed E-state index contributed by atoms with van der Waals surface area (Å²) in [4.78, 5) is 6.66. The topological polar surface area (TPSA) is 50.5 Å². The highest BCUT2D eigenvalue weighted by Crippen LogP contribution is 2.22. The molecule has 0 bridgehead atoms. The van der Waals surface area contributed by atoms with Gasteiger partial charge in [0.25, 0.3) is 6.01 Å². The fourth-order valence-electron chi connectivity index (χ4n) is 2.24. The van der Waals surface area contributed by atoms with Crippen LogP contribution in [-0.4, -0.2) is 44.4 Å². The number of aromatic nitrogens is 1. The third kappa shape index (κ3) is 2.19. The predicted molar refractivity (Wildman–Crippen MR) is 69.9 cm³/mol. The van der Waals surface area contributed by atoms with Gasteiger partial charge in [-0.2, -0.15) is 4.98 Å². The second-order valence-corrected chi connectivity index (χ2v) is 4.46. The zero-order valence-electron chi connectivity index (χ0n) is 10.4. The molecule has 0 saturated carbocycles. The third-order valence-electron chi connectivity index (χ3n) is 3.12. The van der Waals surface area contributed by atoms with Gasteiger partial charge in [0.2, 0.25) is 0 Å². The number of fused-ring (bicyclic) bond motifs is 1. The Bertz CT molecular complexity index is 491. The van der Waals surface area contributed by atoms with E-state index in [0.29, 0.717) is 12.6 Å². The van der Waals surface area contributed by atoms with Crippen LogP contribution in [0.15, 0.2) is 28.7 Å². The Labute approximate surface area is 106 Å². The quantitative estimate of drug-likeness (QED) is 0.884. The van der Waals surface area contributed by atoms with Crippen LogP contribution in [0.25, 0.3) is 11.1 Å². The normalized spacial score (nSPS) is 20.5. The summed E-state index contributed by atoms with van der Waals surface area (Å²) in [5, 5.41) is 3.13. The van der Waals surface area contributed by atoms with Gasteiger partial charge in [0.15, 0.2) is 5.58 Å². The van der Waals surface area contributed by atoms with Crippen molar-refractivity contribution in [1.29, 1.82) is 0 Å². The maximum atomic E-state index is 5.77. The number of hydrogen-bond acceptors (Lipinski definition) is 5. The Kier molecular flexibility index (Phi) is 3.17. The summed E-state index contributed by atoms with van der Waals surface area (Å²) in [6, 6.07) is 8.53. The van der Waals surface area contributed by atoms with E-state index in [4.69, 9.17) is 9.15 Å². The summed E-state index contributed by atoms with van der Waals surface area (Å²) in [7, 11) is 1.93. The van der Waals surface area contributed by atoms with Gasteiger partial charge >= 0.3 is 0 Å². The minimum Gasteiger partial charge on any atom is -0.423 e. The standard InChI is InChI=1S/C13H17N3O2/c1-14-8-10-9-16(6-7-17-10)13-15-11-4-2-3-5-12(11)18-13/h2-5,10,14H,6-9H2,1H3. The first-order valence-corrected chi connectivity index (χ1v) is 6.23. The molecule has 1 aliphatic heterocycles. The Morgan fingerprint density at radius 1 is 1.44 bits per heavy atom. The van der Waals surface area contributed by atoms with E-state index < -0.39 is 0 Å². The average molecular weight is 247 g/mol.